The Morgan fingerprint density at radius 2 is 1.85 bits per heavy atom. The quantitative estimate of drug-likeness (QED) is 0.819. The summed E-state index contributed by atoms with van der Waals surface area (Å²) < 4.78 is 40.9. The van der Waals surface area contributed by atoms with Crippen LogP contribution in [0.1, 0.15) is 30.2 Å². The van der Waals surface area contributed by atoms with E-state index in [1.165, 1.54) is 31.4 Å². The normalized spacial score (nSPS) is 20.9. The number of nitrogens with zero attached hydrogens (tertiary/aromatic N) is 2. The number of benzene rings is 1. The lowest BCUT2D eigenvalue weighted by molar-refractivity contribution is -0.274. The Morgan fingerprint density at radius 1 is 1.15 bits per heavy atom. The van der Waals surface area contributed by atoms with Crippen molar-refractivity contribution in [1.82, 2.24) is 4.98 Å². The molecule has 0 radical (unpaired) electrons. The zero-order valence-electron chi connectivity index (χ0n) is 13.9. The maximum atomic E-state index is 12.3. The van der Waals surface area contributed by atoms with E-state index in [-0.39, 0.29) is 5.75 Å². The van der Waals surface area contributed by atoms with E-state index in [1.807, 2.05) is 0 Å². The summed E-state index contributed by atoms with van der Waals surface area (Å²) in [6, 6.07) is 10.7. The van der Waals surface area contributed by atoms with Crippen LogP contribution in [-0.4, -0.2) is 29.3 Å². The average Bonchev–Trinajstić information content (AvgIpc) is 2.57. The molecule has 1 fully saturated rings. The van der Waals surface area contributed by atoms with Crippen molar-refractivity contribution in [3.63, 3.8) is 0 Å². The smallest absolute Gasteiger partial charge is 0.406 e. The van der Waals surface area contributed by atoms with Crippen molar-refractivity contribution in [1.29, 1.82) is 0 Å². The van der Waals surface area contributed by atoms with Gasteiger partial charge in [-0.25, -0.2) is 0 Å². The number of oxime groups is 1. The summed E-state index contributed by atoms with van der Waals surface area (Å²) in [6.45, 7) is 0. The van der Waals surface area contributed by atoms with Crippen molar-refractivity contribution in [3.05, 3.63) is 59.9 Å². The second kappa shape index (κ2) is 6.95. The second-order valence-electron chi connectivity index (χ2n) is 6.08. The number of aromatic nitrogens is 1. The molecule has 0 bridgehead atoms. The molecule has 1 aliphatic carbocycles. The number of ether oxygens (including phenoxy) is 1. The molecule has 1 atom stereocenters. The fourth-order valence-corrected chi connectivity index (χ4v) is 3.23. The SMILES string of the molecule is CON=C1CC(c2ccc(OC(F)(F)F)cc2)([C@H](O)c2ccccn2)C1. The predicted octanol–water partition coefficient (Wildman–Crippen LogP) is 3.75. The molecule has 3 rings (SSSR count). The highest BCUT2D eigenvalue weighted by molar-refractivity contribution is 5.93. The maximum absolute atomic E-state index is 12.3. The fourth-order valence-electron chi connectivity index (χ4n) is 3.23. The van der Waals surface area contributed by atoms with Gasteiger partial charge in [-0.3, -0.25) is 4.98 Å². The van der Waals surface area contributed by atoms with Crippen molar-refractivity contribution >= 4 is 5.71 Å². The standard InChI is InChI=1S/C18H17F3N2O3/c1-25-23-13-10-17(11-13,16(24)15-4-2-3-9-22-15)12-5-7-14(8-6-12)26-18(19,20)21/h2-9,16,24H,10-11H2,1H3/t16-,17?/m1/s1. The molecule has 1 N–H and O–H groups in total. The lowest BCUT2D eigenvalue weighted by Crippen LogP contribution is -2.47. The molecule has 2 aromatic rings. The minimum absolute atomic E-state index is 0.311. The number of hydrogen-bond donors (Lipinski definition) is 1. The molecule has 8 heteroatoms. The first-order chi connectivity index (χ1) is 12.3. The highest BCUT2D eigenvalue weighted by Crippen LogP contribution is 2.50. The van der Waals surface area contributed by atoms with Crippen LogP contribution in [0.25, 0.3) is 0 Å². The van der Waals surface area contributed by atoms with Gasteiger partial charge in [0.25, 0.3) is 0 Å². The van der Waals surface area contributed by atoms with E-state index in [4.69, 9.17) is 4.84 Å². The third-order valence-corrected chi connectivity index (χ3v) is 4.41. The summed E-state index contributed by atoms with van der Waals surface area (Å²) in [5, 5.41) is 14.8. The van der Waals surface area contributed by atoms with Crippen LogP contribution in [0.4, 0.5) is 13.2 Å². The number of alkyl halides is 3. The summed E-state index contributed by atoms with van der Waals surface area (Å²) in [5.74, 6) is -0.311. The molecule has 0 unspecified atom stereocenters. The molecule has 0 spiro atoms. The molecule has 0 aliphatic heterocycles. The van der Waals surface area contributed by atoms with Gasteiger partial charge in [0.15, 0.2) is 0 Å². The van der Waals surface area contributed by atoms with Gasteiger partial charge < -0.3 is 14.7 Å². The van der Waals surface area contributed by atoms with Gasteiger partial charge in [-0.2, -0.15) is 0 Å². The average molecular weight is 366 g/mol. The third kappa shape index (κ3) is 3.65. The lowest BCUT2D eigenvalue weighted by atomic mass is 9.59. The van der Waals surface area contributed by atoms with Crippen LogP contribution in [0.5, 0.6) is 5.75 Å². The van der Waals surface area contributed by atoms with E-state index >= 15 is 0 Å². The van der Waals surface area contributed by atoms with Crippen LogP contribution in [0.3, 0.4) is 0 Å². The van der Waals surface area contributed by atoms with Gasteiger partial charge in [-0.1, -0.05) is 23.4 Å². The van der Waals surface area contributed by atoms with Crippen LogP contribution in [0, 0.1) is 0 Å². The van der Waals surface area contributed by atoms with Crippen LogP contribution in [-0.2, 0) is 10.3 Å². The molecule has 1 saturated carbocycles. The Morgan fingerprint density at radius 3 is 2.38 bits per heavy atom. The van der Waals surface area contributed by atoms with Gasteiger partial charge in [0, 0.05) is 24.5 Å². The van der Waals surface area contributed by atoms with Gasteiger partial charge >= 0.3 is 6.36 Å². The highest BCUT2D eigenvalue weighted by atomic mass is 19.4. The molecule has 138 valence electrons. The first kappa shape index (κ1) is 18.2. The molecular weight excluding hydrogens is 349 g/mol. The molecule has 0 amide bonds. The minimum atomic E-state index is -4.75. The van der Waals surface area contributed by atoms with Crippen LogP contribution < -0.4 is 4.74 Å². The van der Waals surface area contributed by atoms with E-state index in [0.717, 1.165) is 5.71 Å². The maximum Gasteiger partial charge on any atom is 0.573 e. The molecular formula is C18H17F3N2O3. The van der Waals surface area contributed by atoms with Gasteiger partial charge in [0.2, 0.25) is 0 Å². The Hall–Kier alpha value is -2.61. The first-order valence-corrected chi connectivity index (χ1v) is 7.88. The Balaban J connectivity index is 1.91. The van der Waals surface area contributed by atoms with E-state index in [1.54, 1.807) is 24.4 Å². The zero-order valence-corrected chi connectivity index (χ0v) is 13.9. The Labute approximate surface area is 148 Å². The molecule has 5 nitrogen and oxygen atoms in total. The Bertz CT molecular complexity index is 769. The number of halogens is 3. The van der Waals surface area contributed by atoms with Crippen LogP contribution in [0.15, 0.2) is 53.8 Å². The summed E-state index contributed by atoms with van der Waals surface area (Å²) >= 11 is 0. The molecule has 26 heavy (non-hydrogen) atoms. The number of hydrogen-bond acceptors (Lipinski definition) is 5. The van der Waals surface area contributed by atoms with Gasteiger partial charge in [0.05, 0.1) is 11.4 Å². The van der Waals surface area contributed by atoms with Crippen molar-refractivity contribution in [2.45, 2.75) is 30.7 Å². The molecule has 0 saturated heterocycles. The monoisotopic (exact) mass is 366 g/mol. The van der Waals surface area contributed by atoms with Gasteiger partial charge in [0.1, 0.15) is 19.0 Å². The highest BCUT2D eigenvalue weighted by Gasteiger charge is 2.50. The second-order valence-corrected chi connectivity index (χ2v) is 6.08. The van der Waals surface area contributed by atoms with Crippen molar-refractivity contribution in [2.75, 3.05) is 7.11 Å². The van der Waals surface area contributed by atoms with Crippen molar-refractivity contribution in [3.8, 4) is 5.75 Å². The number of pyridine rings is 1. The zero-order chi connectivity index (χ0) is 18.8. The van der Waals surface area contributed by atoms with Crippen LogP contribution >= 0.6 is 0 Å². The predicted molar refractivity (Wildman–Crippen MR) is 87.7 cm³/mol. The van der Waals surface area contributed by atoms with E-state index in [2.05, 4.69) is 14.9 Å². The van der Waals surface area contributed by atoms with E-state index < -0.39 is 17.9 Å². The van der Waals surface area contributed by atoms with E-state index in [0.29, 0.717) is 24.1 Å². The van der Waals surface area contributed by atoms with E-state index in [9.17, 15) is 18.3 Å². The van der Waals surface area contributed by atoms with Gasteiger partial charge in [-0.05, 0) is 29.8 Å². The number of aliphatic hydroxyl groups excluding tert-OH is 1. The van der Waals surface area contributed by atoms with Gasteiger partial charge in [-0.15, -0.1) is 13.2 Å². The van der Waals surface area contributed by atoms with Crippen molar-refractivity contribution in [2.24, 2.45) is 5.16 Å². The lowest BCUT2D eigenvalue weighted by Gasteiger charge is -2.46. The third-order valence-electron chi connectivity index (χ3n) is 4.41. The minimum Gasteiger partial charge on any atom is -0.406 e. The van der Waals surface area contributed by atoms with Crippen molar-refractivity contribution < 1.29 is 27.9 Å². The largest absolute Gasteiger partial charge is 0.573 e. The number of aliphatic hydroxyl groups is 1. The topological polar surface area (TPSA) is 63.9 Å². The fraction of sp³-hybridized carbons (Fsp3) is 0.333. The Kier molecular flexibility index (Phi) is 4.86. The number of rotatable bonds is 5. The first-order valence-electron chi connectivity index (χ1n) is 7.88. The molecule has 1 aromatic heterocycles. The summed E-state index contributed by atoms with van der Waals surface area (Å²) in [5.41, 5.74) is 1.19. The summed E-state index contributed by atoms with van der Waals surface area (Å²) in [6.07, 6.45) is -3.28. The van der Waals surface area contributed by atoms with Crippen LogP contribution in [0.2, 0.25) is 0 Å². The summed E-state index contributed by atoms with van der Waals surface area (Å²) in [7, 11) is 1.44. The molecule has 1 aliphatic rings. The molecule has 1 aromatic carbocycles. The summed E-state index contributed by atoms with van der Waals surface area (Å²) in [4.78, 5) is 8.97. The molecule has 1 heterocycles.